The molecule has 34 heavy (non-hydrogen) atoms. The zero-order valence-electron chi connectivity index (χ0n) is 18.9. The van der Waals surface area contributed by atoms with Crippen LogP contribution in [0.25, 0.3) is 11.3 Å². The standard InChI is InChI=1S/C23H28N8O3/c1-29-13-14-30(21(32)15-29)17-7-9-19(27-22(17)16-5-3-2-4-6-16)25-11-12-26-20-10-8-18(31(33)34)23(24)28-20/h2-10,31,33H,11-15H2,1H3,(H,25,27)(H3,24,26,28). The lowest BCUT2D eigenvalue weighted by molar-refractivity contribution is -0.990. The number of aromatic nitrogens is 2. The van der Waals surface area contributed by atoms with Crippen LogP contribution in [0.3, 0.4) is 0 Å². The Morgan fingerprint density at radius 1 is 1.03 bits per heavy atom. The molecule has 0 radical (unpaired) electrons. The van der Waals surface area contributed by atoms with Gasteiger partial charge in [-0.1, -0.05) is 30.3 Å². The van der Waals surface area contributed by atoms with Crippen LogP contribution < -0.4 is 26.5 Å². The Labute approximate surface area is 197 Å². The van der Waals surface area contributed by atoms with Crippen LogP contribution in [-0.4, -0.2) is 65.8 Å². The number of nitrogens with one attached hydrogen (secondary N) is 3. The maximum absolute atomic E-state index is 12.7. The van der Waals surface area contributed by atoms with E-state index in [2.05, 4.69) is 15.6 Å². The minimum absolute atomic E-state index is 0.0276. The highest BCUT2D eigenvalue weighted by atomic mass is 16.8. The molecule has 0 saturated carbocycles. The van der Waals surface area contributed by atoms with Gasteiger partial charge in [-0.05, 0) is 25.2 Å². The van der Waals surface area contributed by atoms with Gasteiger partial charge in [0.1, 0.15) is 11.6 Å². The van der Waals surface area contributed by atoms with Crippen molar-refractivity contribution >= 4 is 34.7 Å². The van der Waals surface area contributed by atoms with E-state index in [0.717, 1.165) is 23.5 Å². The Bertz CT molecular complexity index is 1140. The normalized spacial score (nSPS) is 15.3. The van der Waals surface area contributed by atoms with Crippen molar-refractivity contribution in [1.29, 1.82) is 0 Å². The first-order valence-electron chi connectivity index (χ1n) is 11.0. The maximum Gasteiger partial charge on any atom is 0.241 e. The number of benzene rings is 1. The molecular formula is C23H28N8O3. The number of nitrogens with two attached hydrogens (primary N) is 1. The molecule has 1 saturated heterocycles. The second-order valence-electron chi connectivity index (χ2n) is 8.00. The zero-order chi connectivity index (χ0) is 24.1. The van der Waals surface area contributed by atoms with E-state index in [1.807, 2.05) is 54.4 Å². The van der Waals surface area contributed by atoms with Crippen molar-refractivity contribution in [2.75, 3.05) is 61.0 Å². The van der Waals surface area contributed by atoms with Crippen LogP contribution in [0.4, 0.5) is 28.8 Å². The largest absolute Gasteiger partial charge is 0.595 e. The van der Waals surface area contributed by atoms with Crippen molar-refractivity contribution in [2.45, 2.75) is 0 Å². The van der Waals surface area contributed by atoms with Crippen LogP contribution in [0.5, 0.6) is 0 Å². The fraction of sp³-hybridized carbons (Fsp3) is 0.261. The fourth-order valence-corrected chi connectivity index (χ4v) is 3.76. The third-order valence-corrected chi connectivity index (χ3v) is 5.52. The number of carbonyl (C=O) groups excluding carboxylic acids is 1. The second kappa shape index (κ2) is 10.4. The van der Waals surface area contributed by atoms with Gasteiger partial charge in [-0.15, -0.1) is 0 Å². The molecule has 1 aromatic carbocycles. The smallest absolute Gasteiger partial charge is 0.241 e. The van der Waals surface area contributed by atoms with Crippen molar-refractivity contribution in [2.24, 2.45) is 0 Å². The molecule has 1 fully saturated rings. The molecule has 1 aliphatic rings. The number of hydrogen-bond acceptors (Lipinski definition) is 9. The maximum atomic E-state index is 12.7. The predicted octanol–water partition coefficient (Wildman–Crippen LogP) is 0.932. The van der Waals surface area contributed by atoms with Gasteiger partial charge >= 0.3 is 0 Å². The van der Waals surface area contributed by atoms with Crippen LogP contribution in [-0.2, 0) is 4.79 Å². The fourth-order valence-electron chi connectivity index (χ4n) is 3.76. The highest BCUT2D eigenvalue weighted by Gasteiger charge is 2.25. The first-order chi connectivity index (χ1) is 16.4. The highest BCUT2D eigenvalue weighted by molar-refractivity contribution is 5.99. The summed E-state index contributed by atoms with van der Waals surface area (Å²) >= 11 is 0. The third-order valence-electron chi connectivity index (χ3n) is 5.52. The third kappa shape index (κ3) is 5.41. The molecule has 3 aromatic rings. The number of likely N-dealkylation sites (N-methyl/N-ethyl adjacent to an activating group) is 1. The van der Waals surface area contributed by atoms with Crippen LogP contribution in [0.15, 0.2) is 54.6 Å². The van der Waals surface area contributed by atoms with Gasteiger partial charge in [0.05, 0.1) is 17.9 Å². The van der Waals surface area contributed by atoms with Gasteiger partial charge in [0, 0.05) is 37.8 Å². The number of rotatable bonds is 8. The molecule has 6 N–H and O–H groups in total. The summed E-state index contributed by atoms with van der Waals surface area (Å²) in [5.74, 6) is 1.19. The van der Waals surface area contributed by atoms with Crippen molar-refractivity contribution in [1.82, 2.24) is 14.9 Å². The van der Waals surface area contributed by atoms with Gasteiger partial charge in [-0.3, -0.25) is 9.69 Å². The van der Waals surface area contributed by atoms with Gasteiger partial charge < -0.3 is 26.5 Å². The zero-order valence-corrected chi connectivity index (χ0v) is 18.9. The Balaban J connectivity index is 1.45. The number of amides is 1. The van der Waals surface area contributed by atoms with E-state index in [0.29, 0.717) is 37.8 Å². The molecule has 178 valence electrons. The molecule has 2 aromatic heterocycles. The van der Waals surface area contributed by atoms with Gasteiger partial charge in [0.2, 0.25) is 11.6 Å². The van der Waals surface area contributed by atoms with Crippen molar-refractivity contribution in [3.63, 3.8) is 0 Å². The minimum atomic E-state index is -1.11. The molecule has 1 atom stereocenters. The van der Waals surface area contributed by atoms with Crippen molar-refractivity contribution in [3.8, 4) is 11.3 Å². The Morgan fingerprint density at radius 3 is 2.35 bits per heavy atom. The molecule has 0 spiro atoms. The first kappa shape index (κ1) is 23.4. The number of nitrogen functional groups attached to an aromatic ring is 1. The van der Waals surface area contributed by atoms with Crippen LogP contribution in [0.2, 0.25) is 0 Å². The van der Waals surface area contributed by atoms with Crippen LogP contribution >= 0.6 is 0 Å². The van der Waals surface area contributed by atoms with E-state index in [1.54, 1.807) is 11.0 Å². The summed E-state index contributed by atoms with van der Waals surface area (Å²) in [5, 5.41) is 25.4. The number of pyridine rings is 2. The van der Waals surface area contributed by atoms with Crippen LogP contribution in [0.1, 0.15) is 0 Å². The summed E-state index contributed by atoms with van der Waals surface area (Å²) in [7, 11) is 1.94. The average Bonchev–Trinajstić information content (AvgIpc) is 2.82. The SMILES string of the molecule is CN1CCN(c2ccc(NCCNc3ccc([NH+]([O-])O)c(N)n3)nc2-c2ccccc2)C(=O)C1. The molecule has 11 nitrogen and oxygen atoms in total. The summed E-state index contributed by atoms with van der Waals surface area (Å²) < 4.78 is 0. The number of quaternary nitrogens is 1. The summed E-state index contributed by atoms with van der Waals surface area (Å²) in [4.78, 5) is 25.4. The molecule has 0 aliphatic carbocycles. The van der Waals surface area contributed by atoms with E-state index in [-0.39, 0.29) is 17.4 Å². The molecule has 4 rings (SSSR count). The summed E-state index contributed by atoms with van der Waals surface area (Å²) in [5.41, 5.74) is 8.14. The first-order valence-corrected chi connectivity index (χ1v) is 11.0. The Hall–Kier alpha value is -3.77. The van der Waals surface area contributed by atoms with Gasteiger partial charge in [0.15, 0.2) is 5.82 Å². The minimum Gasteiger partial charge on any atom is -0.595 e. The van der Waals surface area contributed by atoms with Gasteiger partial charge in [-0.2, -0.15) is 5.23 Å². The number of hydrogen-bond donors (Lipinski definition) is 5. The Morgan fingerprint density at radius 2 is 1.71 bits per heavy atom. The van der Waals surface area contributed by atoms with E-state index < -0.39 is 5.23 Å². The van der Waals surface area contributed by atoms with E-state index in [1.165, 1.54) is 6.07 Å². The second-order valence-corrected chi connectivity index (χ2v) is 8.00. The lowest BCUT2D eigenvalue weighted by Gasteiger charge is -2.33. The number of carbonyl (C=O) groups is 1. The predicted molar refractivity (Wildman–Crippen MR) is 131 cm³/mol. The highest BCUT2D eigenvalue weighted by Crippen LogP contribution is 2.31. The van der Waals surface area contributed by atoms with Crippen molar-refractivity contribution < 1.29 is 15.2 Å². The van der Waals surface area contributed by atoms with Gasteiger partial charge in [-0.25, -0.2) is 15.2 Å². The number of anilines is 4. The van der Waals surface area contributed by atoms with Crippen molar-refractivity contribution in [3.05, 3.63) is 59.8 Å². The topological polar surface area (TPSA) is 147 Å². The lowest BCUT2D eigenvalue weighted by Crippen LogP contribution is -2.99. The lowest BCUT2D eigenvalue weighted by atomic mass is 10.1. The monoisotopic (exact) mass is 464 g/mol. The molecule has 3 heterocycles. The molecule has 1 aliphatic heterocycles. The summed E-state index contributed by atoms with van der Waals surface area (Å²) in [6.45, 7) is 2.85. The summed E-state index contributed by atoms with van der Waals surface area (Å²) in [6, 6.07) is 16.6. The van der Waals surface area contributed by atoms with Crippen LogP contribution in [0, 0.1) is 5.21 Å². The van der Waals surface area contributed by atoms with E-state index in [4.69, 9.17) is 15.9 Å². The Kier molecular flexibility index (Phi) is 7.18. The van der Waals surface area contributed by atoms with E-state index in [9.17, 15) is 10.0 Å². The van der Waals surface area contributed by atoms with Gasteiger partial charge in [0.25, 0.3) is 0 Å². The quantitative estimate of drug-likeness (QED) is 0.243. The molecule has 11 heteroatoms. The molecule has 1 unspecified atom stereocenters. The molecule has 0 bridgehead atoms. The number of piperazine rings is 1. The number of nitrogens with zero attached hydrogens (tertiary/aromatic N) is 4. The molecule has 1 amide bonds. The van der Waals surface area contributed by atoms with E-state index >= 15 is 0 Å². The average molecular weight is 465 g/mol. The molecular weight excluding hydrogens is 436 g/mol. The summed E-state index contributed by atoms with van der Waals surface area (Å²) in [6.07, 6.45) is 0.